The van der Waals surface area contributed by atoms with Crippen LogP contribution in [-0.2, 0) is 0 Å². The summed E-state index contributed by atoms with van der Waals surface area (Å²) >= 11 is 0. The lowest BCUT2D eigenvalue weighted by atomic mass is 9.68. The van der Waals surface area contributed by atoms with Gasteiger partial charge < -0.3 is 5.32 Å². The first kappa shape index (κ1) is 28.1. The molecule has 0 aliphatic carbocycles. The van der Waals surface area contributed by atoms with E-state index in [1.54, 1.807) is 20.3 Å². The fraction of sp³-hybridized carbons (Fsp3) is 0.207. The van der Waals surface area contributed by atoms with E-state index in [0.29, 0.717) is 42.9 Å². The third-order valence-electron chi connectivity index (χ3n) is 5.58. The molecule has 0 atom stereocenters. The number of rotatable bonds is 9. The minimum atomic E-state index is 0.355. The summed E-state index contributed by atoms with van der Waals surface area (Å²) in [4.78, 5) is 31.3. The summed E-state index contributed by atoms with van der Waals surface area (Å²) in [6.07, 6.45) is 7.00. The SMILES string of the molecule is C=C/C(=C\C)c1cc(Bc2nc(C(/N=C\N=C/C)=N/C)nc(/C(=N/CC)NC)n2)cc(-c2ccccc2)c1. The summed E-state index contributed by atoms with van der Waals surface area (Å²) in [6, 6.07) is 16.8. The van der Waals surface area contributed by atoms with Crippen LogP contribution >= 0.6 is 0 Å². The Balaban J connectivity index is 2.17. The molecule has 8 nitrogen and oxygen atoms in total. The van der Waals surface area contributed by atoms with Crippen molar-refractivity contribution in [3.8, 4) is 11.1 Å². The number of allylic oxidation sites excluding steroid dienone is 3. The predicted octanol–water partition coefficient (Wildman–Crippen LogP) is 3.00. The molecule has 0 aliphatic heterocycles. The van der Waals surface area contributed by atoms with Crippen LogP contribution < -0.4 is 16.5 Å². The predicted molar refractivity (Wildman–Crippen MR) is 163 cm³/mol. The van der Waals surface area contributed by atoms with Gasteiger partial charge in [0.05, 0.1) is 5.72 Å². The highest BCUT2D eigenvalue weighted by Gasteiger charge is 2.16. The Morgan fingerprint density at radius 2 is 1.79 bits per heavy atom. The van der Waals surface area contributed by atoms with Gasteiger partial charge in [0.1, 0.15) is 6.34 Å². The highest BCUT2D eigenvalue weighted by molar-refractivity contribution is 6.66. The van der Waals surface area contributed by atoms with Gasteiger partial charge in [-0.05, 0) is 49.1 Å². The lowest BCUT2D eigenvalue weighted by Crippen LogP contribution is -2.37. The average Bonchev–Trinajstić information content (AvgIpc) is 2.95. The fourth-order valence-electron chi connectivity index (χ4n) is 3.84. The van der Waals surface area contributed by atoms with Gasteiger partial charge in [-0.2, -0.15) is 0 Å². The molecule has 0 aliphatic rings. The summed E-state index contributed by atoms with van der Waals surface area (Å²) in [5.74, 6) is 1.72. The second kappa shape index (κ2) is 14.3. The van der Waals surface area contributed by atoms with Crippen molar-refractivity contribution in [3.63, 3.8) is 0 Å². The van der Waals surface area contributed by atoms with Crippen LogP contribution in [-0.4, -0.2) is 67.1 Å². The van der Waals surface area contributed by atoms with E-state index >= 15 is 0 Å². The Kier molecular flexibility index (Phi) is 10.5. The standard InChI is InChI=1S/C29H33BN8/c1-7-20(8-2)22-16-23(21-14-12-11-13-15-21)18-24(17-22)30-29-37-27(25(31-5)34-10-4)36-28(38-29)26(32-6)35-19-33-9-3/h7-9,11-19,30H,1,10H2,2-6H3,(H,31,34)/b20-8+,32-26-,33-9-,35-19-. The van der Waals surface area contributed by atoms with Gasteiger partial charge in [-0.3, -0.25) is 9.98 Å². The monoisotopic (exact) mass is 504 g/mol. The van der Waals surface area contributed by atoms with Crippen molar-refractivity contribution in [3.05, 3.63) is 84.5 Å². The van der Waals surface area contributed by atoms with E-state index in [2.05, 4.69) is 73.3 Å². The van der Waals surface area contributed by atoms with Crippen LogP contribution in [0.2, 0.25) is 0 Å². The second-order valence-electron chi connectivity index (χ2n) is 8.08. The van der Waals surface area contributed by atoms with Gasteiger partial charge in [0, 0.05) is 26.9 Å². The smallest absolute Gasteiger partial charge is 0.241 e. The van der Waals surface area contributed by atoms with Crippen LogP contribution in [0.5, 0.6) is 0 Å². The zero-order valence-electron chi connectivity index (χ0n) is 22.7. The van der Waals surface area contributed by atoms with E-state index in [9.17, 15) is 0 Å². The molecule has 0 radical (unpaired) electrons. The molecule has 0 saturated carbocycles. The number of hydrogen-bond acceptors (Lipinski definition) is 5. The lowest BCUT2D eigenvalue weighted by molar-refractivity contribution is 0.985. The summed E-state index contributed by atoms with van der Waals surface area (Å²) < 4.78 is 0. The van der Waals surface area contributed by atoms with Crippen molar-refractivity contribution in [2.75, 3.05) is 20.6 Å². The molecular weight excluding hydrogens is 471 g/mol. The van der Waals surface area contributed by atoms with Gasteiger partial charge in [-0.25, -0.2) is 24.9 Å². The third-order valence-corrected chi connectivity index (χ3v) is 5.58. The molecule has 0 spiro atoms. The molecule has 3 aromatic rings. The number of aliphatic imine (C=N–C) groups is 4. The van der Waals surface area contributed by atoms with Crippen molar-refractivity contribution in [2.45, 2.75) is 20.8 Å². The third kappa shape index (κ3) is 7.26. The number of nitrogens with zero attached hydrogens (tertiary/aromatic N) is 7. The maximum atomic E-state index is 4.76. The summed E-state index contributed by atoms with van der Waals surface area (Å²) in [5, 5.41) is 3.09. The van der Waals surface area contributed by atoms with Crippen molar-refractivity contribution >= 4 is 48.3 Å². The molecule has 2 aromatic carbocycles. The van der Waals surface area contributed by atoms with E-state index in [1.165, 1.54) is 6.34 Å². The highest BCUT2D eigenvalue weighted by Crippen LogP contribution is 2.23. The molecule has 1 heterocycles. The number of amidine groups is 2. The molecule has 0 saturated heterocycles. The Hall–Kier alpha value is -4.53. The lowest BCUT2D eigenvalue weighted by Gasteiger charge is -2.12. The Morgan fingerprint density at radius 1 is 1.03 bits per heavy atom. The fourth-order valence-corrected chi connectivity index (χ4v) is 3.84. The largest absolute Gasteiger partial charge is 0.370 e. The summed E-state index contributed by atoms with van der Waals surface area (Å²) in [5.41, 5.74) is 6.00. The van der Waals surface area contributed by atoms with Crippen LogP contribution in [0, 0.1) is 0 Å². The van der Waals surface area contributed by atoms with Gasteiger partial charge in [0.25, 0.3) is 0 Å². The molecule has 192 valence electrons. The first-order valence-electron chi connectivity index (χ1n) is 12.5. The van der Waals surface area contributed by atoms with Gasteiger partial charge in [-0.1, -0.05) is 66.7 Å². The van der Waals surface area contributed by atoms with Gasteiger partial charge >= 0.3 is 0 Å². The molecule has 3 rings (SSSR count). The maximum Gasteiger partial charge on any atom is 0.241 e. The molecular formula is C29H33BN8. The molecule has 38 heavy (non-hydrogen) atoms. The maximum absolute atomic E-state index is 4.76. The summed E-state index contributed by atoms with van der Waals surface area (Å²) in [6.45, 7) is 10.4. The first-order valence-corrected chi connectivity index (χ1v) is 12.5. The van der Waals surface area contributed by atoms with E-state index < -0.39 is 0 Å². The van der Waals surface area contributed by atoms with E-state index in [1.807, 2.05) is 45.0 Å². The van der Waals surface area contributed by atoms with Crippen LogP contribution in [0.4, 0.5) is 0 Å². The Morgan fingerprint density at radius 3 is 2.42 bits per heavy atom. The van der Waals surface area contributed by atoms with Crippen molar-refractivity contribution in [1.82, 2.24) is 20.3 Å². The molecule has 0 unspecified atom stereocenters. The molecule has 0 bridgehead atoms. The quantitative estimate of drug-likeness (QED) is 0.210. The summed E-state index contributed by atoms with van der Waals surface area (Å²) in [7, 11) is 3.92. The molecule has 9 heteroatoms. The van der Waals surface area contributed by atoms with Gasteiger partial charge in [0.2, 0.25) is 7.28 Å². The second-order valence-corrected chi connectivity index (χ2v) is 8.08. The van der Waals surface area contributed by atoms with Crippen molar-refractivity contribution in [2.24, 2.45) is 20.0 Å². The number of nitrogens with one attached hydrogen (secondary N) is 1. The van der Waals surface area contributed by atoms with Crippen molar-refractivity contribution in [1.29, 1.82) is 0 Å². The van der Waals surface area contributed by atoms with Crippen LogP contribution in [0.15, 0.2) is 87.2 Å². The molecule has 0 amide bonds. The van der Waals surface area contributed by atoms with Crippen LogP contribution in [0.1, 0.15) is 38.0 Å². The Labute approximate surface area is 225 Å². The van der Waals surface area contributed by atoms with E-state index in [0.717, 1.165) is 27.7 Å². The number of benzene rings is 2. The first-order chi connectivity index (χ1) is 18.6. The topological polar surface area (TPSA) is 100 Å². The highest BCUT2D eigenvalue weighted by atomic mass is 15.1. The average molecular weight is 504 g/mol. The zero-order chi connectivity index (χ0) is 27.3. The van der Waals surface area contributed by atoms with E-state index in [4.69, 9.17) is 9.97 Å². The molecule has 1 aromatic heterocycles. The van der Waals surface area contributed by atoms with Gasteiger partial charge in [0.15, 0.2) is 23.3 Å². The normalized spacial score (nSPS) is 12.8. The zero-order valence-corrected chi connectivity index (χ0v) is 22.7. The van der Waals surface area contributed by atoms with Crippen molar-refractivity contribution < 1.29 is 0 Å². The molecule has 1 N–H and O–H groups in total. The van der Waals surface area contributed by atoms with Crippen LogP contribution in [0.25, 0.3) is 16.7 Å². The van der Waals surface area contributed by atoms with E-state index in [-0.39, 0.29) is 0 Å². The van der Waals surface area contributed by atoms with Gasteiger partial charge in [-0.15, -0.1) is 0 Å². The molecule has 0 fully saturated rings. The minimum absolute atomic E-state index is 0.355. The number of hydrogen-bond donors (Lipinski definition) is 1. The minimum Gasteiger partial charge on any atom is -0.370 e. The van der Waals surface area contributed by atoms with Crippen LogP contribution in [0.3, 0.4) is 0 Å². The Bertz CT molecular complexity index is 1410. The number of aromatic nitrogens is 3.